The maximum atomic E-state index is 8.42. The van der Waals surface area contributed by atoms with Gasteiger partial charge in [0.05, 0.1) is 6.04 Å². The first-order valence-electron chi connectivity index (χ1n) is 4.70. The van der Waals surface area contributed by atoms with E-state index in [1.54, 1.807) is 6.20 Å². The molecule has 0 aliphatic heterocycles. The predicted octanol–water partition coefficient (Wildman–Crippen LogP) is 3.61. The summed E-state index contributed by atoms with van der Waals surface area (Å²) in [6, 6.07) is 7.70. The van der Waals surface area contributed by atoms with Crippen molar-refractivity contribution in [1.29, 1.82) is 0 Å². The second-order valence-electron chi connectivity index (χ2n) is 3.32. The summed E-state index contributed by atoms with van der Waals surface area (Å²) in [6.07, 6.45) is 3.55. The van der Waals surface area contributed by atoms with Crippen molar-refractivity contribution in [3.8, 4) is 0 Å². The van der Waals surface area contributed by atoms with Crippen LogP contribution in [0.2, 0.25) is 0 Å². The molecule has 0 unspecified atom stereocenters. The molecule has 0 saturated carbocycles. The van der Waals surface area contributed by atoms with Crippen molar-refractivity contribution in [2.75, 3.05) is 0 Å². The van der Waals surface area contributed by atoms with Crippen LogP contribution in [0.1, 0.15) is 18.5 Å². The van der Waals surface area contributed by atoms with Gasteiger partial charge in [-0.1, -0.05) is 30.2 Å². The lowest BCUT2D eigenvalue weighted by Crippen LogP contribution is -1.90. The van der Waals surface area contributed by atoms with Gasteiger partial charge in [-0.25, -0.2) is 0 Å². The van der Waals surface area contributed by atoms with E-state index in [4.69, 9.17) is 5.53 Å². The zero-order valence-corrected chi connectivity index (χ0v) is 8.33. The Labute approximate surface area is 87.2 Å². The molecule has 1 aromatic heterocycles. The topological polar surface area (TPSA) is 61.7 Å². The molecular weight excluding hydrogens is 188 g/mol. The molecule has 2 rings (SSSR count). The number of hydrogen-bond donors (Lipinski definition) is 0. The largest absolute Gasteiger partial charge is 0.264 e. The number of fused-ring (bicyclic) bond motifs is 1. The van der Waals surface area contributed by atoms with Gasteiger partial charge >= 0.3 is 0 Å². The Kier molecular flexibility index (Phi) is 2.52. The summed E-state index contributed by atoms with van der Waals surface area (Å²) < 4.78 is 0. The highest BCUT2D eigenvalue weighted by molar-refractivity contribution is 5.85. The standard InChI is InChI=1S/C11H10N4/c1-8(14-15-12)10-4-2-3-9-7-13-6-5-11(9)10/h2-8H,1H3/t8-/m1/s1. The average Bonchev–Trinajstić information content (AvgIpc) is 2.28. The number of aromatic nitrogens is 1. The van der Waals surface area contributed by atoms with E-state index in [2.05, 4.69) is 15.0 Å². The number of azide groups is 1. The molecule has 1 aromatic carbocycles. The summed E-state index contributed by atoms with van der Waals surface area (Å²) >= 11 is 0. The Bertz CT molecular complexity index is 524. The molecule has 0 saturated heterocycles. The van der Waals surface area contributed by atoms with Gasteiger partial charge in [-0.05, 0) is 22.5 Å². The van der Waals surface area contributed by atoms with E-state index in [-0.39, 0.29) is 6.04 Å². The van der Waals surface area contributed by atoms with E-state index >= 15 is 0 Å². The molecule has 0 aliphatic rings. The molecule has 1 atom stereocenters. The zero-order valence-electron chi connectivity index (χ0n) is 8.33. The minimum absolute atomic E-state index is 0.152. The van der Waals surface area contributed by atoms with Crippen LogP contribution in [0.5, 0.6) is 0 Å². The van der Waals surface area contributed by atoms with Crippen LogP contribution in [-0.4, -0.2) is 4.98 Å². The van der Waals surface area contributed by atoms with Crippen molar-refractivity contribution >= 4 is 10.8 Å². The Balaban J connectivity index is 2.65. The van der Waals surface area contributed by atoms with Crippen LogP contribution in [0.3, 0.4) is 0 Å². The minimum Gasteiger partial charge on any atom is -0.264 e. The Morgan fingerprint density at radius 1 is 1.40 bits per heavy atom. The second kappa shape index (κ2) is 3.98. The number of pyridine rings is 1. The van der Waals surface area contributed by atoms with Crippen molar-refractivity contribution in [2.45, 2.75) is 13.0 Å². The fraction of sp³-hybridized carbons (Fsp3) is 0.182. The monoisotopic (exact) mass is 198 g/mol. The van der Waals surface area contributed by atoms with Crippen LogP contribution in [-0.2, 0) is 0 Å². The third-order valence-corrected chi connectivity index (χ3v) is 2.39. The molecule has 15 heavy (non-hydrogen) atoms. The summed E-state index contributed by atoms with van der Waals surface area (Å²) in [6.45, 7) is 1.88. The quantitative estimate of drug-likeness (QED) is 0.413. The third-order valence-electron chi connectivity index (χ3n) is 2.39. The molecule has 0 radical (unpaired) electrons. The summed E-state index contributed by atoms with van der Waals surface area (Å²) in [5, 5.41) is 5.86. The molecule has 4 nitrogen and oxygen atoms in total. The van der Waals surface area contributed by atoms with Gasteiger partial charge in [-0.15, -0.1) is 0 Å². The van der Waals surface area contributed by atoms with Gasteiger partial charge in [0.25, 0.3) is 0 Å². The van der Waals surface area contributed by atoms with Crippen LogP contribution >= 0.6 is 0 Å². The van der Waals surface area contributed by atoms with E-state index in [0.717, 1.165) is 16.3 Å². The lowest BCUT2D eigenvalue weighted by atomic mass is 10.0. The number of nitrogens with zero attached hydrogens (tertiary/aromatic N) is 4. The zero-order chi connectivity index (χ0) is 10.7. The maximum Gasteiger partial charge on any atom is 0.0603 e. The Morgan fingerprint density at radius 2 is 2.27 bits per heavy atom. The van der Waals surface area contributed by atoms with Gasteiger partial charge < -0.3 is 0 Å². The number of hydrogen-bond acceptors (Lipinski definition) is 2. The molecule has 74 valence electrons. The predicted molar refractivity (Wildman–Crippen MR) is 59.3 cm³/mol. The van der Waals surface area contributed by atoms with E-state index in [1.165, 1.54) is 0 Å². The first-order valence-corrected chi connectivity index (χ1v) is 4.70. The molecule has 2 aromatic rings. The van der Waals surface area contributed by atoms with Crippen molar-refractivity contribution in [3.05, 3.63) is 52.7 Å². The van der Waals surface area contributed by atoms with Crippen molar-refractivity contribution in [3.63, 3.8) is 0 Å². The minimum atomic E-state index is -0.152. The van der Waals surface area contributed by atoms with E-state index < -0.39 is 0 Å². The van der Waals surface area contributed by atoms with Crippen LogP contribution < -0.4 is 0 Å². The van der Waals surface area contributed by atoms with Gasteiger partial charge in [-0.2, -0.15) is 0 Å². The molecule has 0 spiro atoms. The van der Waals surface area contributed by atoms with Gasteiger partial charge in [0.2, 0.25) is 0 Å². The molecular formula is C11H10N4. The summed E-state index contributed by atoms with van der Waals surface area (Å²) in [4.78, 5) is 6.88. The number of benzene rings is 1. The smallest absolute Gasteiger partial charge is 0.0603 e. The van der Waals surface area contributed by atoms with Crippen molar-refractivity contribution < 1.29 is 0 Å². The van der Waals surface area contributed by atoms with Crippen LogP contribution in [0.4, 0.5) is 0 Å². The van der Waals surface area contributed by atoms with E-state index in [9.17, 15) is 0 Å². The van der Waals surface area contributed by atoms with Gasteiger partial charge in [-0.3, -0.25) is 4.98 Å². The molecule has 4 heteroatoms. The lowest BCUT2D eigenvalue weighted by Gasteiger charge is -2.08. The van der Waals surface area contributed by atoms with Gasteiger partial charge in [0, 0.05) is 22.7 Å². The van der Waals surface area contributed by atoms with E-state index in [0.29, 0.717) is 0 Å². The van der Waals surface area contributed by atoms with E-state index in [1.807, 2.05) is 37.4 Å². The second-order valence-corrected chi connectivity index (χ2v) is 3.32. The Hall–Kier alpha value is -2.06. The fourth-order valence-corrected chi connectivity index (χ4v) is 1.65. The first-order chi connectivity index (χ1) is 7.33. The highest BCUT2D eigenvalue weighted by Crippen LogP contribution is 2.25. The molecule has 0 N–H and O–H groups in total. The third kappa shape index (κ3) is 1.75. The summed E-state index contributed by atoms with van der Waals surface area (Å²) in [5.74, 6) is 0. The SMILES string of the molecule is C[C@@H](N=[N+]=[N-])c1cccc2cnccc12. The molecule has 1 heterocycles. The normalized spacial score (nSPS) is 12.1. The van der Waals surface area contributed by atoms with Crippen molar-refractivity contribution in [2.24, 2.45) is 5.11 Å². The van der Waals surface area contributed by atoms with Gasteiger partial charge in [0.1, 0.15) is 0 Å². The summed E-state index contributed by atoms with van der Waals surface area (Å²) in [5.41, 5.74) is 9.45. The van der Waals surface area contributed by atoms with Crippen LogP contribution in [0, 0.1) is 0 Å². The highest BCUT2D eigenvalue weighted by Gasteiger charge is 2.06. The average molecular weight is 198 g/mol. The number of rotatable bonds is 2. The van der Waals surface area contributed by atoms with Crippen LogP contribution in [0.15, 0.2) is 41.8 Å². The van der Waals surface area contributed by atoms with Crippen LogP contribution in [0.25, 0.3) is 21.2 Å². The fourth-order valence-electron chi connectivity index (χ4n) is 1.65. The molecule has 0 bridgehead atoms. The van der Waals surface area contributed by atoms with Crippen molar-refractivity contribution in [1.82, 2.24) is 4.98 Å². The molecule has 0 amide bonds. The summed E-state index contributed by atoms with van der Waals surface area (Å²) in [7, 11) is 0. The first kappa shape index (κ1) is 9.49. The highest BCUT2D eigenvalue weighted by atomic mass is 15.1. The lowest BCUT2D eigenvalue weighted by molar-refractivity contribution is 0.815. The molecule has 0 fully saturated rings. The molecule has 0 aliphatic carbocycles. The maximum absolute atomic E-state index is 8.42. The van der Waals surface area contributed by atoms with Gasteiger partial charge in [0.15, 0.2) is 0 Å². The Morgan fingerprint density at radius 3 is 3.07 bits per heavy atom.